The lowest BCUT2D eigenvalue weighted by molar-refractivity contribution is 0.0694. The summed E-state index contributed by atoms with van der Waals surface area (Å²) in [6, 6.07) is 12.8. The molecule has 1 heterocycles. The van der Waals surface area contributed by atoms with Gasteiger partial charge in [0, 0.05) is 31.1 Å². The number of carbonyl (C=O) groups excluding carboxylic acids is 1. The molecule has 0 radical (unpaired) electrons. The lowest BCUT2D eigenvalue weighted by Crippen LogP contribution is -2.50. The van der Waals surface area contributed by atoms with Gasteiger partial charge in [0.15, 0.2) is 0 Å². The summed E-state index contributed by atoms with van der Waals surface area (Å²) < 4.78 is 40.5. The molecule has 2 aromatic carbocycles. The van der Waals surface area contributed by atoms with Crippen molar-refractivity contribution in [2.75, 3.05) is 31.9 Å². The lowest BCUT2D eigenvalue weighted by Gasteiger charge is -2.34. The minimum Gasteiger partial charge on any atom is -0.336 e. The van der Waals surface area contributed by atoms with Crippen LogP contribution in [-0.4, -0.2) is 55.5 Å². The van der Waals surface area contributed by atoms with Gasteiger partial charge in [-0.3, -0.25) is 4.79 Å². The third-order valence-electron chi connectivity index (χ3n) is 4.40. The summed E-state index contributed by atoms with van der Waals surface area (Å²) in [4.78, 5) is 15.1. The molecule has 0 atom stereocenters. The predicted molar refractivity (Wildman–Crippen MR) is 104 cm³/mol. The maximum Gasteiger partial charge on any atom is 0.255 e. The quantitative estimate of drug-likeness (QED) is 0.714. The topological polar surface area (TPSA) is 57.7 Å². The fraction of sp³-hybridized carbons (Fsp3) is 0.316. The van der Waals surface area contributed by atoms with E-state index < -0.39 is 15.8 Å². The van der Waals surface area contributed by atoms with Crippen LogP contribution in [0.15, 0.2) is 58.3 Å². The predicted octanol–water partition coefficient (Wildman–Crippen LogP) is 3.08. The largest absolute Gasteiger partial charge is 0.336 e. The van der Waals surface area contributed by atoms with E-state index in [0.29, 0.717) is 5.56 Å². The first kappa shape index (κ1) is 19.9. The van der Waals surface area contributed by atoms with Crippen molar-refractivity contribution < 1.29 is 17.6 Å². The highest BCUT2D eigenvalue weighted by molar-refractivity contribution is 7.99. The van der Waals surface area contributed by atoms with Gasteiger partial charge in [-0.05, 0) is 30.0 Å². The number of hydrogen-bond donors (Lipinski definition) is 0. The summed E-state index contributed by atoms with van der Waals surface area (Å²) in [5, 5.41) is 0. The van der Waals surface area contributed by atoms with E-state index in [4.69, 9.17) is 0 Å². The highest BCUT2D eigenvalue weighted by Gasteiger charge is 2.32. The molecule has 0 N–H and O–H groups in total. The van der Waals surface area contributed by atoms with E-state index in [1.807, 2.05) is 25.1 Å². The first-order valence-electron chi connectivity index (χ1n) is 8.71. The number of rotatable bonds is 5. The minimum absolute atomic E-state index is 0.102. The highest BCUT2D eigenvalue weighted by Crippen LogP contribution is 2.25. The molecule has 27 heavy (non-hydrogen) atoms. The second-order valence-electron chi connectivity index (χ2n) is 6.06. The van der Waals surface area contributed by atoms with Crippen molar-refractivity contribution in [3.05, 3.63) is 59.9 Å². The molecule has 0 spiro atoms. The Morgan fingerprint density at radius 3 is 2.33 bits per heavy atom. The SMILES string of the molecule is CCSc1ccccc1C(=O)N1CCN(S(=O)(=O)c2ccccc2F)CC1. The number of carbonyl (C=O) groups is 1. The van der Waals surface area contributed by atoms with E-state index >= 15 is 0 Å². The monoisotopic (exact) mass is 408 g/mol. The molecule has 1 saturated heterocycles. The van der Waals surface area contributed by atoms with Crippen LogP contribution in [0.4, 0.5) is 4.39 Å². The highest BCUT2D eigenvalue weighted by atomic mass is 32.2. The van der Waals surface area contributed by atoms with E-state index in [1.165, 1.54) is 22.5 Å². The molecule has 5 nitrogen and oxygen atoms in total. The zero-order valence-electron chi connectivity index (χ0n) is 15.0. The van der Waals surface area contributed by atoms with Crippen LogP contribution in [-0.2, 0) is 10.0 Å². The molecule has 1 aliphatic heterocycles. The van der Waals surface area contributed by atoms with E-state index in [2.05, 4.69) is 0 Å². The van der Waals surface area contributed by atoms with Gasteiger partial charge in [0.2, 0.25) is 10.0 Å². The van der Waals surface area contributed by atoms with Crippen molar-refractivity contribution in [2.45, 2.75) is 16.7 Å². The van der Waals surface area contributed by atoms with E-state index in [0.717, 1.165) is 16.7 Å². The van der Waals surface area contributed by atoms with E-state index in [9.17, 15) is 17.6 Å². The summed E-state index contributed by atoms with van der Waals surface area (Å²) >= 11 is 1.60. The van der Waals surface area contributed by atoms with Gasteiger partial charge in [0.25, 0.3) is 5.91 Å². The van der Waals surface area contributed by atoms with Gasteiger partial charge in [0.05, 0.1) is 5.56 Å². The molecule has 0 bridgehead atoms. The Morgan fingerprint density at radius 1 is 1.04 bits per heavy atom. The average Bonchev–Trinajstić information content (AvgIpc) is 2.68. The summed E-state index contributed by atoms with van der Waals surface area (Å²) in [7, 11) is -3.91. The molecular weight excluding hydrogens is 387 g/mol. The van der Waals surface area contributed by atoms with Crippen molar-refractivity contribution in [3.63, 3.8) is 0 Å². The van der Waals surface area contributed by atoms with Gasteiger partial charge in [0.1, 0.15) is 10.7 Å². The second kappa shape index (κ2) is 8.41. The van der Waals surface area contributed by atoms with Crippen LogP contribution in [0.1, 0.15) is 17.3 Å². The smallest absolute Gasteiger partial charge is 0.255 e. The van der Waals surface area contributed by atoms with Crippen molar-refractivity contribution in [3.8, 4) is 0 Å². The Hall–Kier alpha value is -1.90. The molecule has 0 unspecified atom stereocenters. The van der Waals surface area contributed by atoms with Crippen LogP contribution in [0.2, 0.25) is 0 Å². The van der Waals surface area contributed by atoms with Gasteiger partial charge in [-0.1, -0.05) is 31.2 Å². The number of hydrogen-bond acceptors (Lipinski definition) is 4. The Balaban J connectivity index is 1.72. The molecule has 8 heteroatoms. The number of thioether (sulfide) groups is 1. The summed E-state index contributed by atoms with van der Waals surface area (Å²) in [5.74, 6) is -0.00473. The molecule has 3 rings (SSSR count). The molecule has 2 aromatic rings. The number of benzene rings is 2. The molecule has 0 aromatic heterocycles. The third-order valence-corrected chi connectivity index (χ3v) is 7.29. The molecule has 1 fully saturated rings. The maximum atomic E-state index is 13.9. The van der Waals surface area contributed by atoms with Gasteiger partial charge in [-0.2, -0.15) is 4.31 Å². The summed E-state index contributed by atoms with van der Waals surface area (Å²) in [5.41, 5.74) is 0.634. The normalized spacial score (nSPS) is 15.7. The second-order valence-corrected chi connectivity index (χ2v) is 9.27. The number of piperazine rings is 1. The van der Waals surface area contributed by atoms with Crippen molar-refractivity contribution >= 4 is 27.7 Å². The Kier molecular flexibility index (Phi) is 6.18. The standard InChI is InChI=1S/C19H21FN2O3S2/c1-2-26-17-9-5-3-7-15(17)19(23)21-11-13-22(14-12-21)27(24,25)18-10-6-4-8-16(18)20/h3-10H,2,11-14H2,1H3. The molecule has 0 aliphatic carbocycles. The van der Waals surface area contributed by atoms with Crippen LogP contribution >= 0.6 is 11.8 Å². The average molecular weight is 409 g/mol. The maximum absolute atomic E-state index is 13.9. The van der Waals surface area contributed by atoms with Crippen LogP contribution in [0.3, 0.4) is 0 Å². The molecule has 0 saturated carbocycles. The Morgan fingerprint density at radius 2 is 1.67 bits per heavy atom. The van der Waals surface area contributed by atoms with Gasteiger partial charge in [-0.25, -0.2) is 12.8 Å². The Bertz CT molecular complexity index is 926. The zero-order valence-corrected chi connectivity index (χ0v) is 16.6. The number of amides is 1. The summed E-state index contributed by atoms with van der Waals surface area (Å²) in [6.45, 7) is 2.87. The Labute approximate surface area is 163 Å². The van der Waals surface area contributed by atoms with Gasteiger partial charge >= 0.3 is 0 Å². The first-order chi connectivity index (χ1) is 12.9. The number of sulfonamides is 1. The van der Waals surface area contributed by atoms with Crippen LogP contribution in [0, 0.1) is 5.82 Å². The number of nitrogens with zero attached hydrogens (tertiary/aromatic N) is 2. The zero-order chi connectivity index (χ0) is 19.4. The van der Waals surface area contributed by atoms with Crippen LogP contribution in [0.25, 0.3) is 0 Å². The minimum atomic E-state index is -3.91. The van der Waals surface area contributed by atoms with E-state index in [1.54, 1.807) is 22.7 Å². The molecule has 144 valence electrons. The van der Waals surface area contributed by atoms with Crippen LogP contribution in [0.5, 0.6) is 0 Å². The fourth-order valence-electron chi connectivity index (χ4n) is 3.02. The summed E-state index contributed by atoms with van der Waals surface area (Å²) in [6.07, 6.45) is 0. The van der Waals surface area contributed by atoms with E-state index in [-0.39, 0.29) is 37.0 Å². The first-order valence-corrected chi connectivity index (χ1v) is 11.1. The number of halogens is 1. The molecule has 1 amide bonds. The van der Waals surface area contributed by atoms with Gasteiger partial charge < -0.3 is 4.90 Å². The van der Waals surface area contributed by atoms with Crippen molar-refractivity contribution in [1.82, 2.24) is 9.21 Å². The van der Waals surface area contributed by atoms with Crippen LogP contribution < -0.4 is 0 Å². The molecule has 1 aliphatic rings. The third kappa shape index (κ3) is 4.17. The van der Waals surface area contributed by atoms with Crippen molar-refractivity contribution in [1.29, 1.82) is 0 Å². The fourth-order valence-corrected chi connectivity index (χ4v) is 5.30. The lowest BCUT2D eigenvalue weighted by atomic mass is 10.2. The van der Waals surface area contributed by atoms with Gasteiger partial charge in [-0.15, -0.1) is 11.8 Å². The molecular formula is C19H21FN2O3S2. The van der Waals surface area contributed by atoms with Crippen molar-refractivity contribution in [2.24, 2.45) is 0 Å².